The molecule has 6 N–H and O–H groups in total. The highest BCUT2D eigenvalue weighted by Gasteiger charge is 2.51. The van der Waals surface area contributed by atoms with Crippen molar-refractivity contribution < 1.29 is 14.3 Å². The number of nitrogens with two attached hydrogens (primary N) is 2. The predicted octanol–water partition coefficient (Wildman–Crippen LogP) is 1.60. The van der Waals surface area contributed by atoms with E-state index in [9.17, 15) is 14.3 Å². The van der Waals surface area contributed by atoms with Crippen molar-refractivity contribution in [1.82, 2.24) is 5.32 Å². The van der Waals surface area contributed by atoms with E-state index in [-0.39, 0.29) is 11.5 Å². The number of hydrogen-bond donors (Lipinski definition) is 4. The number of carboxylic acid groups (broad SMARTS) is 1. The van der Waals surface area contributed by atoms with Crippen LogP contribution in [0.2, 0.25) is 0 Å². The maximum atomic E-state index is 14.1. The van der Waals surface area contributed by atoms with Gasteiger partial charge in [-0.25, -0.2) is 9.18 Å². The minimum Gasteiger partial charge on any atom is -0.480 e. The molecule has 0 unspecified atom stereocenters. The fourth-order valence-corrected chi connectivity index (χ4v) is 3.57. The van der Waals surface area contributed by atoms with Gasteiger partial charge < -0.3 is 21.9 Å². The summed E-state index contributed by atoms with van der Waals surface area (Å²) in [6.45, 7) is 2.06. The van der Waals surface area contributed by atoms with E-state index < -0.39 is 23.5 Å². The van der Waals surface area contributed by atoms with Gasteiger partial charge in [0, 0.05) is 5.56 Å². The van der Waals surface area contributed by atoms with Crippen molar-refractivity contribution in [3.63, 3.8) is 0 Å². The van der Waals surface area contributed by atoms with Crippen molar-refractivity contribution in [2.24, 2.45) is 17.4 Å². The van der Waals surface area contributed by atoms with E-state index in [1.165, 1.54) is 12.1 Å². The zero-order valence-corrected chi connectivity index (χ0v) is 13.0. The van der Waals surface area contributed by atoms with Crippen LogP contribution in [0.1, 0.15) is 49.0 Å². The summed E-state index contributed by atoms with van der Waals surface area (Å²) in [5, 5.41) is 12.8. The summed E-state index contributed by atoms with van der Waals surface area (Å²) in [5.74, 6) is -1.54. The molecule has 1 aromatic rings. The van der Waals surface area contributed by atoms with Crippen molar-refractivity contribution >= 4 is 5.97 Å². The lowest BCUT2D eigenvalue weighted by atomic mass is 9.80. The molecule has 1 aliphatic carbocycles. The quantitative estimate of drug-likeness (QED) is 0.598. The van der Waals surface area contributed by atoms with Crippen LogP contribution in [0.15, 0.2) is 12.1 Å². The molecule has 1 aromatic carbocycles. The van der Waals surface area contributed by atoms with Crippen LogP contribution in [0.3, 0.4) is 0 Å². The molecule has 0 aliphatic heterocycles. The third-order valence-corrected chi connectivity index (χ3v) is 4.72. The second kappa shape index (κ2) is 6.32. The lowest BCUT2D eigenvalue weighted by Gasteiger charge is -2.32. The molecule has 0 radical (unpaired) electrons. The van der Waals surface area contributed by atoms with Crippen molar-refractivity contribution in [2.45, 2.75) is 44.3 Å². The molecular formula is C16H24FN3O2. The van der Waals surface area contributed by atoms with Crippen LogP contribution in [-0.4, -0.2) is 18.1 Å². The third-order valence-electron chi connectivity index (χ3n) is 4.72. The first-order valence-electron chi connectivity index (χ1n) is 7.64. The molecule has 2 rings (SSSR count). The molecule has 6 heteroatoms. The van der Waals surface area contributed by atoms with Crippen molar-refractivity contribution in [2.75, 3.05) is 7.05 Å². The minimum atomic E-state index is -1.21. The molecule has 0 saturated carbocycles. The van der Waals surface area contributed by atoms with Crippen LogP contribution in [0, 0.1) is 11.7 Å². The second-order valence-corrected chi connectivity index (χ2v) is 5.96. The molecule has 0 aromatic heterocycles. The smallest absolute Gasteiger partial charge is 0.328 e. The van der Waals surface area contributed by atoms with Crippen LogP contribution in [0.5, 0.6) is 0 Å². The van der Waals surface area contributed by atoms with Gasteiger partial charge in [0.2, 0.25) is 0 Å². The summed E-state index contributed by atoms with van der Waals surface area (Å²) in [6.07, 6.45) is 2.26. The Kier molecular flexibility index (Phi) is 4.84. The van der Waals surface area contributed by atoms with E-state index in [1.807, 2.05) is 0 Å². The summed E-state index contributed by atoms with van der Waals surface area (Å²) in [5.41, 5.74) is 11.4. The number of likely N-dealkylation sites (N-methyl/N-ethyl adjacent to an activating group) is 1. The minimum absolute atomic E-state index is 0.117. The number of benzene rings is 1. The van der Waals surface area contributed by atoms with Crippen LogP contribution < -0.4 is 16.8 Å². The maximum absolute atomic E-state index is 14.1. The zero-order valence-electron chi connectivity index (χ0n) is 13.0. The average Bonchev–Trinajstić information content (AvgIpc) is 2.77. The molecule has 0 fully saturated rings. The van der Waals surface area contributed by atoms with Gasteiger partial charge >= 0.3 is 5.97 Å². The number of carboxylic acids is 1. The number of nitrogens with one attached hydrogen (secondary N) is 1. The number of halogens is 1. The van der Waals surface area contributed by atoms with E-state index in [0.29, 0.717) is 12.0 Å². The number of carbonyl (C=O) groups is 1. The Bertz CT molecular complexity index is 577. The van der Waals surface area contributed by atoms with Crippen LogP contribution >= 0.6 is 0 Å². The summed E-state index contributed by atoms with van der Waals surface area (Å²) in [7, 11) is 1.63. The Balaban J connectivity index is 2.58. The topological polar surface area (TPSA) is 101 Å². The monoisotopic (exact) mass is 309 g/mol. The van der Waals surface area contributed by atoms with Gasteiger partial charge in [-0.1, -0.05) is 19.8 Å². The first kappa shape index (κ1) is 16.9. The summed E-state index contributed by atoms with van der Waals surface area (Å²) in [6, 6.07) is 2.91. The standard InChI is InChI=1S/C16H24FN3O2/c1-3-4-5-10-6-9-7-13(17)11(14(18)19)8-12(9)16(10,20-2)15(21)22/h7-8,10,14,20H,3-6,18-19H2,1-2H3,(H,21,22)/t10-,16+/m0/s1. The van der Waals surface area contributed by atoms with Gasteiger partial charge in [0.25, 0.3) is 0 Å². The van der Waals surface area contributed by atoms with E-state index in [4.69, 9.17) is 11.5 Å². The Hall–Kier alpha value is -1.50. The number of aliphatic carboxylic acids is 1. The van der Waals surface area contributed by atoms with Gasteiger partial charge in [-0.05, 0) is 49.1 Å². The highest BCUT2D eigenvalue weighted by Crippen LogP contribution is 2.45. The first-order valence-corrected chi connectivity index (χ1v) is 7.64. The van der Waals surface area contributed by atoms with Crippen LogP contribution in [-0.2, 0) is 16.8 Å². The Morgan fingerprint density at radius 1 is 1.55 bits per heavy atom. The fraction of sp³-hybridized carbons (Fsp3) is 0.562. The Labute approximate surface area is 129 Å². The Morgan fingerprint density at radius 2 is 2.23 bits per heavy atom. The van der Waals surface area contributed by atoms with Gasteiger partial charge in [-0.2, -0.15) is 0 Å². The van der Waals surface area contributed by atoms with E-state index in [0.717, 1.165) is 24.8 Å². The number of hydrogen-bond acceptors (Lipinski definition) is 4. The summed E-state index contributed by atoms with van der Waals surface area (Å²) < 4.78 is 14.1. The van der Waals surface area contributed by atoms with Gasteiger partial charge in [0.1, 0.15) is 11.4 Å². The molecular weight excluding hydrogens is 285 g/mol. The fourth-order valence-electron chi connectivity index (χ4n) is 3.57. The third kappa shape index (κ3) is 2.51. The van der Waals surface area contributed by atoms with Gasteiger partial charge in [-0.15, -0.1) is 0 Å². The maximum Gasteiger partial charge on any atom is 0.328 e. The lowest BCUT2D eigenvalue weighted by molar-refractivity contribution is -0.147. The van der Waals surface area contributed by atoms with Crippen molar-refractivity contribution in [3.8, 4) is 0 Å². The molecule has 0 heterocycles. The van der Waals surface area contributed by atoms with Gasteiger partial charge in [0.15, 0.2) is 0 Å². The SMILES string of the molecule is CCCC[C@H]1Cc2cc(F)c(C(N)N)cc2[C@@]1(NC)C(=O)O. The van der Waals surface area contributed by atoms with E-state index >= 15 is 0 Å². The van der Waals surface area contributed by atoms with Gasteiger partial charge in [-0.3, -0.25) is 0 Å². The molecule has 22 heavy (non-hydrogen) atoms. The highest BCUT2D eigenvalue weighted by atomic mass is 19.1. The number of fused-ring (bicyclic) bond motifs is 1. The van der Waals surface area contributed by atoms with E-state index in [1.54, 1.807) is 7.05 Å². The Morgan fingerprint density at radius 3 is 2.73 bits per heavy atom. The number of unbranched alkanes of at least 4 members (excludes halogenated alkanes) is 1. The largest absolute Gasteiger partial charge is 0.480 e. The number of rotatable bonds is 6. The van der Waals surface area contributed by atoms with E-state index in [2.05, 4.69) is 12.2 Å². The van der Waals surface area contributed by atoms with Crippen molar-refractivity contribution in [3.05, 3.63) is 34.6 Å². The van der Waals surface area contributed by atoms with Gasteiger partial charge in [0.05, 0.1) is 6.17 Å². The molecule has 122 valence electrons. The highest BCUT2D eigenvalue weighted by molar-refractivity contribution is 5.83. The second-order valence-electron chi connectivity index (χ2n) is 5.96. The molecule has 2 atom stereocenters. The van der Waals surface area contributed by atoms with Crippen LogP contribution in [0.25, 0.3) is 0 Å². The molecule has 0 spiro atoms. The van der Waals surface area contributed by atoms with Crippen LogP contribution in [0.4, 0.5) is 4.39 Å². The van der Waals surface area contributed by atoms with Crippen molar-refractivity contribution in [1.29, 1.82) is 0 Å². The first-order chi connectivity index (χ1) is 10.4. The lowest BCUT2D eigenvalue weighted by Crippen LogP contribution is -2.51. The summed E-state index contributed by atoms with van der Waals surface area (Å²) in [4.78, 5) is 12.0. The average molecular weight is 309 g/mol. The summed E-state index contributed by atoms with van der Waals surface area (Å²) >= 11 is 0. The molecule has 5 nitrogen and oxygen atoms in total. The predicted molar refractivity (Wildman–Crippen MR) is 82.6 cm³/mol. The molecule has 0 saturated heterocycles. The molecule has 0 bridgehead atoms. The normalized spacial score (nSPS) is 23.8. The zero-order chi connectivity index (χ0) is 16.5. The molecule has 1 aliphatic rings. The molecule has 0 amide bonds.